The molecule has 0 aliphatic heterocycles. The van der Waals surface area contributed by atoms with Crippen LogP contribution in [-0.2, 0) is 0 Å². The molecule has 0 aromatic carbocycles. The summed E-state index contributed by atoms with van der Waals surface area (Å²) in [5, 5.41) is 3.21. The van der Waals surface area contributed by atoms with Gasteiger partial charge in [-0.2, -0.15) is 15.0 Å². The van der Waals surface area contributed by atoms with E-state index in [1.54, 1.807) is 0 Å². The molecule has 1 aromatic rings. The van der Waals surface area contributed by atoms with Gasteiger partial charge in [0.05, 0.1) is 6.61 Å². The van der Waals surface area contributed by atoms with Crippen molar-refractivity contribution >= 4 is 11.9 Å². The van der Waals surface area contributed by atoms with Crippen molar-refractivity contribution in [3.63, 3.8) is 0 Å². The van der Waals surface area contributed by atoms with Crippen LogP contribution < -0.4 is 15.0 Å². The molecule has 2 rings (SSSR count). The van der Waals surface area contributed by atoms with Crippen LogP contribution in [0.25, 0.3) is 0 Å². The van der Waals surface area contributed by atoms with E-state index in [9.17, 15) is 0 Å². The summed E-state index contributed by atoms with van der Waals surface area (Å²) >= 11 is 0. The molecule has 0 radical (unpaired) electrons. The summed E-state index contributed by atoms with van der Waals surface area (Å²) in [6.45, 7) is 9.61. The molecule has 1 N–H and O–H groups in total. The van der Waals surface area contributed by atoms with Crippen LogP contribution in [-0.4, -0.2) is 41.2 Å². The summed E-state index contributed by atoms with van der Waals surface area (Å²) in [5.74, 6) is 1.99. The van der Waals surface area contributed by atoms with Crippen LogP contribution in [0.4, 0.5) is 11.9 Å². The van der Waals surface area contributed by atoms with E-state index in [-0.39, 0.29) is 0 Å². The first-order valence-corrected chi connectivity index (χ1v) is 7.64. The van der Waals surface area contributed by atoms with Gasteiger partial charge in [0.1, 0.15) is 0 Å². The van der Waals surface area contributed by atoms with Gasteiger partial charge in [-0.15, -0.1) is 0 Å². The van der Waals surface area contributed by atoms with Gasteiger partial charge in [-0.3, -0.25) is 0 Å². The van der Waals surface area contributed by atoms with Gasteiger partial charge in [0, 0.05) is 19.6 Å². The van der Waals surface area contributed by atoms with E-state index in [1.165, 1.54) is 12.8 Å². The third-order valence-corrected chi connectivity index (χ3v) is 3.33. The minimum absolute atomic E-state index is 0.437. The number of nitrogens with one attached hydrogen (secondary N) is 1. The van der Waals surface area contributed by atoms with E-state index in [0.29, 0.717) is 23.8 Å². The van der Waals surface area contributed by atoms with Crippen molar-refractivity contribution < 1.29 is 4.74 Å². The number of hydrogen-bond acceptors (Lipinski definition) is 6. The zero-order valence-corrected chi connectivity index (χ0v) is 12.7. The van der Waals surface area contributed by atoms with Crippen molar-refractivity contribution in [1.82, 2.24) is 15.0 Å². The fourth-order valence-corrected chi connectivity index (χ4v) is 1.85. The van der Waals surface area contributed by atoms with Gasteiger partial charge in [-0.05, 0) is 39.0 Å². The number of aromatic nitrogens is 3. The molecule has 0 amide bonds. The van der Waals surface area contributed by atoms with Crippen molar-refractivity contribution in [2.75, 3.05) is 36.5 Å². The third kappa shape index (κ3) is 4.21. The Morgan fingerprint density at radius 3 is 2.50 bits per heavy atom. The van der Waals surface area contributed by atoms with E-state index in [0.717, 1.165) is 32.7 Å². The molecular weight excluding hydrogens is 254 g/mol. The van der Waals surface area contributed by atoms with Crippen molar-refractivity contribution in [2.24, 2.45) is 5.92 Å². The number of hydrogen-bond donors (Lipinski definition) is 1. The molecule has 1 saturated carbocycles. The van der Waals surface area contributed by atoms with Crippen molar-refractivity contribution in [1.29, 1.82) is 0 Å². The van der Waals surface area contributed by atoms with Gasteiger partial charge in [-0.25, -0.2) is 0 Å². The lowest BCUT2D eigenvalue weighted by molar-refractivity contribution is 0.276. The Hall–Kier alpha value is -1.59. The van der Waals surface area contributed by atoms with E-state index < -0.39 is 0 Å². The second-order valence-electron chi connectivity index (χ2n) is 5.10. The Morgan fingerprint density at radius 1 is 1.15 bits per heavy atom. The summed E-state index contributed by atoms with van der Waals surface area (Å²) in [5.41, 5.74) is 0. The largest absolute Gasteiger partial charge is 0.463 e. The standard InChI is InChI=1S/C14H25N5O/c1-4-9-15-12-16-13(19(5-2)6-3)18-14(17-12)20-10-11-7-8-11/h11H,4-10H2,1-3H3,(H,15,16,17,18). The van der Waals surface area contributed by atoms with Gasteiger partial charge >= 0.3 is 6.01 Å². The number of ether oxygens (including phenoxy) is 1. The van der Waals surface area contributed by atoms with Gasteiger partial charge in [0.25, 0.3) is 0 Å². The fraction of sp³-hybridized carbons (Fsp3) is 0.786. The van der Waals surface area contributed by atoms with Crippen LogP contribution in [0.1, 0.15) is 40.0 Å². The lowest BCUT2D eigenvalue weighted by atomic mass is 10.5. The van der Waals surface area contributed by atoms with E-state index in [2.05, 4.69) is 45.9 Å². The van der Waals surface area contributed by atoms with Crippen LogP contribution in [0.5, 0.6) is 6.01 Å². The highest BCUT2D eigenvalue weighted by Crippen LogP contribution is 2.29. The second-order valence-corrected chi connectivity index (χ2v) is 5.10. The molecule has 6 heteroatoms. The maximum atomic E-state index is 5.70. The molecule has 1 aliphatic carbocycles. The summed E-state index contributed by atoms with van der Waals surface area (Å²) in [6.07, 6.45) is 3.55. The quantitative estimate of drug-likeness (QED) is 0.748. The average molecular weight is 279 g/mol. The molecule has 1 heterocycles. The number of nitrogens with zero attached hydrogens (tertiary/aromatic N) is 4. The average Bonchev–Trinajstić information content (AvgIpc) is 3.28. The molecule has 1 aromatic heterocycles. The molecule has 20 heavy (non-hydrogen) atoms. The highest BCUT2D eigenvalue weighted by Gasteiger charge is 2.23. The molecule has 0 bridgehead atoms. The van der Waals surface area contributed by atoms with Gasteiger partial charge in [-0.1, -0.05) is 6.92 Å². The van der Waals surface area contributed by atoms with Crippen LogP contribution in [0.3, 0.4) is 0 Å². The van der Waals surface area contributed by atoms with E-state index in [4.69, 9.17) is 4.74 Å². The van der Waals surface area contributed by atoms with Gasteiger partial charge < -0.3 is 15.0 Å². The Morgan fingerprint density at radius 2 is 1.90 bits per heavy atom. The zero-order chi connectivity index (χ0) is 14.4. The summed E-state index contributed by atoms with van der Waals surface area (Å²) in [4.78, 5) is 15.3. The minimum atomic E-state index is 0.437. The Balaban J connectivity index is 2.12. The van der Waals surface area contributed by atoms with Crippen molar-refractivity contribution in [3.8, 4) is 6.01 Å². The highest BCUT2D eigenvalue weighted by molar-refractivity contribution is 5.38. The van der Waals surface area contributed by atoms with E-state index in [1.807, 2.05) is 0 Å². The lowest BCUT2D eigenvalue weighted by Crippen LogP contribution is -2.25. The predicted molar refractivity (Wildman–Crippen MR) is 80.4 cm³/mol. The van der Waals surface area contributed by atoms with Crippen LogP contribution in [0.2, 0.25) is 0 Å². The molecule has 0 spiro atoms. The van der Waals surface area contributed by atoms with Crippen molar-refractivity contribution in [3.05, 3.63) is 0 Å². The number of anilines is 2. The summed E-state index contributed by atoms with van der Waals surface area (Å²) in [6, 6.07) is 0.437. The molecule has 6 nitrogen and oxygen atoms in total. The summed E-state index contributed by atoms with van der Waals surface area (Å²) in [7, 11) is 0. The Bertz CT molecular complexity index is 418. The highest BCUT2D eigenvalue weighted by atomic mass is 16.5. The van der Waals surface area contributed by atoms with Crippen LogP contribution >= 0.6 is 0 Å². The smallest absolute Gasteiger partial charge is 0.323 e. The lowest BCUT2D eigenvalue weighted by Gasteiger charge is -2.19. The second kappa shape index (κ2) is 7.26. The first kappa shape index (κ1) is 14.8. The first-order chi connectivity index (χ1) is 9.76. The van der Waals surface area contributed by atoms with Gasteiger partial charge in [0.15, 0.2) is 0 Å². The molecular formula is C14H25N5O. The van der Waals surface area contributed by atoms with Gasteiger partial charge in [0.2, 0.25) is 11.9 Å². The maximum absolute atomic E-state index is 5.70. The maximum Gasteiger partial charge on any atom is 0.323 e. The summed E-state index contributed by atoms with van der Waals surface area (Å²) < 4.78 is 5.70. The molecule has 0 unspecified atom stereocenters. The molecule has 1 aliphatic rings. The molecule has 0 saturated heterocycles. The van der Waals surface area contributed by atoms with E-state index >= 15 is 0 Å². The topological polar surface area (TPSA) is 63.2 Å². The number of rotatable bonds is 9. The fourth-order valence-electron chi connectivity index (χ4n) is 1.85. The SMILES string of the molecule is CCCNc1nc(OCC2CC2)nc(N(CC)CC)n1. The minimum Gasteiger partial charge on any atom is -0.463 e. The van der Waals surface area contributed by atoms with Crippen LogP contribution in [0, 0.1) is 5.92 Å². The third-order valence-electron chi connectivity index (χ3n) is 3.33. The Labute approximate surface area is 121 Å². The monoisotopic (exact) mass is 279 g/mol. The molecule has 0 atom stereocenters. The van der Waals surface area contributed by atoms with Crippen LogP contribution in [0.15, 0.2) is 0 Å². The zero-order valence-electron chi connectivity index (χ0n) is 12.7. The molecule has 1 fully saturated rings. The Kier molecular flexibility index (Phi) is 5.38. The first-order valence-electron chi connectivity index (χ1n) is 7.64. The molecule has 112 valence electrons. The van der Waals surface area contributed by atoms with Crippen molar-refractivity contribution in [2.45, 2.75) is 40.0 Å². The predicted octanol–water partition coefficient (Wildman–Crippen LogP) is 2.33. The normalized spacial score (nSPS) is 14.2.